The third-order valence-electron chi connectivity index (χ3n) is 3.54. The highest BCUT2D eigenvalue weighted by Crippen LogP contribution is 2.34. The van der Waals surface area contributed by atoms with Crippen molar-refractivity contribution in [2.45, 2.75) is 12.5 Å². The van der Waals surface area contributed by atoms with Crippen molar-refractivity contribution in [1.82, 2.24) is 4.98 Å². The van der Waals surface area contributed by atoms with Crippen LogP contribution in [0.25, 0.3) is 10.8 Å². The molecule has 5 heteroatoms. The number of anilines is 1. The van der Waals surface area contributed by atoms with Gasteiger partial charge in [-0.25, -0.2) is 4.98 Å². The van der Waals surface area contributed by atoms with Gasteiger partial charge < -0.3 is 19.5 Å². The van der Waals surface area contributed by atoms with Gasteiger partial charge in [0.1, 0.15) is 5.82 Å². The Kier molecular flexibility index (Phi) is 3.60. The van der Waals surface area contributed by atoms with Gasteiger partial charge in [-0.3, -0.25) is 0 Å². The number of ether oxygens (including phenoxy) is 3. The van der Waals surface area contributed by atoms with Gasteiger partial charge in [0, 0.05) is 18.2 Å². The minimum absolute atomic E-state index is 0.321. The summed E-state index contributed by atoms with van der Waals surface area (Å²) >= 11 is 0. The Labute approximate surface area is 117 Å². The average molecular weight is 274 g/mol. The molecule has 1 N–H and O–H groups in total. The molecule has 1 aromatic heterocycles. The van der Waals surface area contributed by atoms with Crippen LogP contribution in [0.5, 0.6) is 11.5 Å². The van der Waals surface area contributed by atoms with Crippen LogP contribution < -0.4 is 14.8 Å². The van der Waals surface area contributed by atoms with Crippen LogP contribution in [0, 0.1) is 0 Å². The van der Waals surface area contributed by atoms with Gasteiger partial charge in [-0.1, -0.05) is 0 Å². The fourth-order valence-corrected chi connectivity index (χ4v) is 2.46. The smallest absolute Gasteiger partial charge is 0.161 e. The summed E-state index contributed by atoms with van der Waals surface area (Å²) < 4.78 is 16.1. The minimum atomic E-state index is 0.321. The molecule has 0 aliphatic carbocycles. The minimum Gasteiger partial charge on any atom is -0.493 e. The second-order valence-corrected chi connectivity index (χ2v) is 4.79. The Morgan fingerprint density at radius 3 is 2.75 bits per heavy atom. The van der Waals surface area contributed by atoms with Crippen LogP contribution in [0.3, 0.4) is 0 Å². The molecule has 1 aliphatic heterocycles. The molecule has 2 aromatic rings. The van der Waals surface area contributed by atoms with E-state index in [-0.39, 0.29) is 0 Å². The molecule has 5 nitrogen and oxygen atoms in total. The van der Waals surface area contributed by atoms with Crippen molar-refractivity contribution in [3.8, 4) is 11.5 Å². The maximum Gasteiger partial charge on any atom is 0.161 e. The van der Waals surface area contributed by atoms with E-state index in [1.165, 1.54) is 0 Å². The fourth-order valence-electron chi connectivity index (χ4n) is 2.46. The molecule has 20 heavy (non-hydrogen) atoms. The number of methoxy groups -OCH3 is 2. The Morgan fingerprint density at radius 1 is 1.25 bits per heavy atom. The molecule has 0 amide bonds. The summed E-state index contributed by atoms with van der Waals surface area (Å²) in [6.45, 7) is 1.53. The largest absolute Gasteiger partial charge is 0.493 e. The zero-order chi connectivity index (χ0) is 13.9. The fraction of sp³-hybridized carbons (Fsp3) is 0.400. The number of pyridine rings is 1. The van der Waals surface area contributed by atoms with Crippen LogP contribution in [-0.2, 0) is 4.74 Å². The van der Waals surface area contributed by atoms with Crippen LogP contribution >= 0.6 is 0 Å². The van der Waals surface area contributed by atoms with Gasteiger partial charge >= 0.3 is 0 Å². The third kappa shape index (κ3) is 2.36. The molecule has 1 aliphatic rings. The number of hydrogen-bond acceptors (Lipinski definition) is 5. The molecule has 3 rings (SSSR count). The Bertz CT molecular complexity index is 609. The Hall–Kier alpha value is -2.01. The standard InChI is InChI=1S/C15H18N2O3/c1-18-13-7-10-3-5-16-15(12(10)8-14(13)19-2)17-11-4-6-20-9-11/h3,5,7-8,11H,4,6,9H2,1-2H3,(H,16,17). The maximum absolute atomic E-state index is 5.39. The van der Waals surface area contributed by atoms with E-state index in [4.69, 9.17) is 14.2 Å². The molecule has 2 heterocycles. The highest BCUT2D eigenvalue weighted by molar-refractivity contribution is 5.94. The SMILES string of the molecule is COc1cc2ccnc(NC3CCOC3)c2cc1OC. The molecule has 1 aromatic carbocycles. The lowest BCUT2D eigenvalue weighted by molar-refractivity contribution is 0.195. The average Bonchev–Trinajstić information content (AvgIpc) is 2.99. The lowest BCUT2D eigenvalue weighted by Crippen LogP contribution is -2.19. The summed E-state index contributed by atoms with van der Waals surface area (Å²) in [5.41, 5.74) is 0. The summed E-state index contributed by atoms with van der Waals surface area (Å²) in [4.78, 5) is 4.44. The Balaban J connectivity index is 2.03. The topological polar surface area (TPSA) is 52.6 Å². The molecule has 1 unspecified atom stereocenters. The van der Waals surface area contributed by atoms with E-state index in [0.717, 1.165) is 42.0 Å². The van der Waals surface area contributed by atoms with Crippen molar-refractivity contribution in [1.29, 1.82) is 0 Å². The molecular weight excluding hydrogens is 256 g/mol. The summed E-state index contributed by atoms with van der Waals surface area (Å²) in [6.07, 6.45) is 2.80. The van der Waals surface area contributed by atoms with E-state index in [9.17, 15) is 0 Å². The quantitative estimate of drug-likeness (QED) is 0.928. The highest BCUT2D eigenvalue weighted by atomic mass is 16.5. The van der Waals surface area contributed by atoms with Crippen molar-refractivity contribution >= 4 is 16.6 Å². The number of aromatic nitrogens is 1. The highest BCUT2D eigenvalue weighted by Gasteiger charge is 2.17. The van der Waals surface area contributed by atoms with E-state index in [2.05, 4.69) is 10.3 Å². The number of hydrogen-bond donors (Lipinski definition) is 1. The summed E-state index contributed by atoms with van der Waals surface area (Å²) in [5.74, 6) is 2.29. The third-order valence-corrected chi connectivity index (χ3v) is 3.54. The van der Waals surface area contributed by atoms with E-state index in [1.54, 1.807) is 20.4 Å². The van der Waals surface area contributed by atoms with Gasteiger partial charge in [0.15, 0.2) is 11.5 Å². The summed E-state index contributed by atoms with van der Waals surface area (Å²) in [5, 5.41) is 5.53. The predicted molar refractivity (Wildman–Crippen MR) is 77.7 cm³/mol. The zero-order valence-electron chi connectivity index (χ0n) is 11.7. The van der Waals surface area contributed by atoms with E-state index >= 15 is 0 Å². The predicted octanol–water partition coefficient (Wildman–Crippen LogP) is 2.45. The number of rotatable bonds is 4. The van der Waals surface area contributed by atoms with Gasteiger partial charge in [0.05, 0.1) is 26.9 Å². The van der Waals surface area contributed by atoms with Crippen LogP contribution in [0.2, 0.25) is 0 Å². The first kappa shape index (κ1) is 13.0. The van der Waals surface area contributed by atoms with Gasteiger partial charge in [0.25, 0.3) is 0 Å². The van der Waals surface area contributed by atoms with Gasteiger partial charge in [-0.15, -0.1) is 0 Å². The number of benzene rings is 1. The van der Waals surface area contributed by atoms with E-state index < -0.39 is 0 Å². The lowest BCUT2D eigenvalue weighted by atomic mass is 10.1. The monoisotopic (exact) mass is 274 g/mol. The second-order valence-electron chi connectivity index (χ2n) is 4.79. The van der Waals surface area contributed by atoms with Crippen molar-refractivity contribution < 1.29 is 14.2 Å². The van der Waals surface area contributed by atoms with E-state index in [0.29, 0.717) is 11.8 Å². The second kappa shape index (κ2) is 5.54. The molecule has 0 radical (unpaired) electrons. The molecule has 0 spiro atoms. The number of nitrogens with zero attached hydrogens (tertiary/aromatic N) is 1. The number of fused-ring (bicyclic) bond motifs is 1. The van der Waals surface area contributed by atoms with Gasteiger partial charge in [-0.05, 0) is 30.0 Å². The molecule has 1 saturated heterocycles. The molecule has 106 valence electrons. The van der Waals surface area contributed by atoms with Crippen molar-refractivity contribution in [3.05, 3.63) is 24.4 Å². The van der Waals surface area contributed by atoms with Crippen molar-refractivity contribution in [3.63, 3.8) is 0 Å². The first-order valence-electron chi connectivity index (χ1n) is 6.67. The maximum atomic E-state index is 5.39. The molecular formula is C15H18N2O3. The van der Waals surface area contributed by atoms with E-state index in [1.807, 2.05) is 18.2 Å². The Morgan fingerprint density at radius 2 is 2.05 bits per heavy atom. The summed E-state index contributed by atoms with van der Waals surface area (Å²) in [7, 11) is 3.28. The lowest BCUT2D eigenvalue weighted by Gasteiger charge is -2.15. The summed E-state index contributed by atoms with van der Waals surface area (Å²) in [6, 6.07) is 6.21. The van der Waals surface area contributed by atoms with Crippen LogP contribution in [0.1, 0.15) is 6.42 Å². The van der Waals surface area contributed by atoms with Crippen molar-refractivity contribution in [2.24, 2.45) is 0 Å². The van der Waals surface area contributed by atoms with Crippen molar-refractivity contribution in [2.75, 3.05) is 32.8 Å². The number of nitrogens with one attached hydrogen (secondary N) is 1. The molecule has 0 saturated carbocycles. The first-order valence-corrected chi connectivity index (χ1v) is 6.67. The normalized spacial score (nSPS) is 18.2. The first-order chi connectivity index (χ1) is 9.81. The van der Waals surface area contributed by atoms with Crippen LogP contribution in [-0.4, -0.2) is 38.5 Å². The molecule has 1 fully saturated rings. The molecule has 1 atom stereocenters. The zero-order valence-corrected chi connectivity index (χ0v) is 11.7. The van der Waals surface area contributed by atoms with Crippen LogP contribution in [0.4, 0.5) is 5.82 Å². The molecule has 0 bridgehead atoms. The van der Waals surface area contributed by atoms with Gasteiger partial charge in [0.2, 0.25) is 0 Å². The van der Waals surface area contributed by atoms with Gasteiger partial charge in [-0.2, -0.15) is 0 Å². The van der Waals surface area contributed by atoms with Crippen LogP contribution in [0.15, 0.2) is 24.4 Å².